The van der Waals surface area contributed by atoms with Gasteiger partial charge in [0.05, 0.1) is 7.11 Å². The van der Waals surface area contributed by atoms with Crippen molar-refractivity contribution in [2.45, 2.75) is 18.9 Å². The van der Waals surface area contributed by atoms with Crippen LogP contribution in [-0.4, -0.2) is 23.8 Å². The Kier molecular flexibility index (Phi) is 2.84. The molecule has 0 saturated heterocycles. The van der Waals surface area contributed by atoms with Gasteiger partial charge in [0.15, 0.2) is 0 Å². The number of nitriles is 1. The van der Waals surface area contributed by atoms with Gasteiger partial charge < -0.3 is 9.84 Å². The van der Waals surface area contributed by atoms with Gasteiger partial charge in [0.1, 0.15) is 6.07 Å². The Morgan fingerprint density at radius 1 is 1.90 bits per heavy atom. The summed E-state index contributed by atoms with van der Waals surface area (Å²) in [6, 6.07) is 1.46. The molecule has 0 aromatic rings. The monoisotopic (exact) mass is 143 g/mol. The van der Waals surface area contributed by atoms with Crippen LogP contribution in [0.2, 0.25) is 0 Å². The van der Waals surface area contributed by atoms with E-state index in [4.69, 9.17) is 10.4 Å². The highest BCUT2D eigenvalue weighted by atomic mass is 16.5. The quantitative estimate of drug-likeness (QED) is 0.430. The number of rotatable bonds is 2. The van der Waals surface area contributed by atoms with Crippen LogP contribution in [0.5, 0.6) is 0 Å². The second-order valence-electron chi connectivity index (χ2n) is 1.82. The number of hydrogen-bond donors (Lipinski definition) is 1. The van der Waals surface area contributed by atoms with Crippen molar-refractivity contribution >= 4 is 5.97 Å². The molecule has 1 atom stereocenters. The van der Waals surface area contributed by atoms with Gasteiger partial charge >= 0.3 is 5.97 Å². The first-order valence-electron chi connectivity index (χ1n) is 2.82. The van der Waals surface area contributed by atoms with E-state index in [9.17, 15) is 4.79 Å². The van der Waals surface area contributed by atoms with Gasteiger partial charge in [0, 0.05) is 0 Å². The van der Waals surface area contributed by atoms with Crippen LogP contribution in [0, 0.1) is 11.3 Å². The van der Waals surface area contributed by atoms with E-state index in [1.54, 1.807) is 0 Å². The molecule has 0 aromatic carbocycles. The molecule has 0 fully saturated rings. The van der Waals surface area contributed by atoms with Gasteiger partial charge in [-0.05, 0) is 6.42 Å². The highest BCUT2D eigenvalue weighted by Gasteiger charge is 2.35. The first kappa shape index (κ1) is 8.92. The number of aliphatic hydroxyl groups is 1. The molecule has 56 valence electrons. The predicted octanol–water partition coefficient (Wildman–Crippen LogP) is -0.176. The van der Waals surface area contributed by atoms with Crippen LogP contribution < -0.4 is 0 Å². The number of carbonyl (C=O) groups is 1. The predicted molar refractivity (Wildman–Crippen MR) is 32.9 cm³/mol. The van der Waals surface area contributed by atoms with Crippen molar-refractivity contribution in [2.24, 2.45) is 0 Å². The van der Waals surface area contributed by atoms with Crippen molar-refractivity contribution in [2.75, 3.05) is 7.11 Å². The SMILES string of the molecule is CCC(O)(C#N)C(=O)OC. The van der Waals surface area contributed by atoms with Crippen LogP contribution in [0.3, 0.4) is 0 Å². The second kappa shape index (κ2) is 3.18. The minimum atomic E-state index is -1.96. The summed E-state index contributed by atoms with van der Waals surface area (Å²) in [5, 5.41) is 17.3. The van der Waals surface area contributed by atoms with Crippen LogP contribution in [0.15, 0.2) is 0 Å². The second-order valence-corrected chi connectivity index (χ2v) is 1.82. The van der Waals surface area contributed by atoms with Gasteiger partial charge in [0.2, 0.25) is 5.60 Å². The Morgan fingerprint density at radius 2 is 2.40 bits per heavy atom. The molecule has 0 spiro atoms. The summed E-state index contributed by atoms with van der Waals surface area (Å²) in [7, 11) is 1.13. The number of esters is 1. The number of hydrogen-bond acceptors (Lipinski definition) is 4. The van der Waals surface area contributed by atoms with Crippen molar-refractivity contribution in [1.29, 1.82) is 5.26 Å². The maximum Gasteiger partial charge on any atom is 0.352 e. The van der Waals surface area contributed by atoms with Crippen LogP contribution in [0.25, 0.3) is 0 Å². The van der Waals surface area contributed by atoms with Crippen molar-refractivity contribution in [3.05, 3.63) is 0 Å². The van der Waals surface area contributed by atoms with Gasteiger partial charge in [-0.2, -0.15) is 5.26 Å². The fourth-order valence-corrected chi connectivity index (χ4v) is 0.438. The molecule has 4 nitrogen and oxygen atoms in total. The van der Waals surface area contributed by atoms with Crippen LogP contribution in [0.1, 0.15) is 13.3 Å². The zero-order valence-corrected chi connectivity index (χ0v) is 5.92. The van der Waals surface area contributed by atoms with E-state index in [0.29, 0.717) is 0 Å². The summed E-state index contributed by atoms with van der Waals surface area (Å²) in [5.41, 5.74) is -1.96. The molecule has 0 rings (SSSR count). The first-order chi connectivity index (χ1) is 4.60. The molecular formula is C6H9NO3. The largest absolute Gasteiger partial charge is 0.466 e. The van der Waals surface area contributed by atoms with Gasteiger partial charge in [-0.3, -0.25) is 0 Å². The molecule has 0 aromatic heterocycles. The topological polar surface area (TPSA) is 70.3 Å². The van der Waals surface area contributed by atoms with Gasteiger partial charge in [-0.15, -0.1) is 0 Å². The van der Waals surface area contributed by atoms with E-state index in [1.165, 1.54) is 13.0 Å². The minimum absolute atomic E-state index is 0.0379. The lowest BCUT2D eigenvalue weighted by Gasteiger charge is -2.13. The molecule has 0 amide bonds. The smallest absolute Gasteiger partial charge is 0.352 e. The normalized spacial score (nSPS) is 15.0. The Balaban J connectivity index is 4.37. The molecule has 0 bridgehead atoms. The van der Waals surface area contributed by atoms with Crippen molar-refractivity contribution in [3.8, 4) is 6.07 Å². The zero-order chi connectivity index (χ0) is 8.20. The Hall–Kier alpha value is -1.08. The molecule has 0 aliphatic heterocycles. The maximum atomic E-state index is 10.6. The summed E-state index contributed by atoms with van der Waals surface area (Å²) in [6.45, 7) is 1.53. The summed E-state index contributed by atoms with van der Waals surface area (Å²) >= 11 is 0. The molecule has 0 heterocycles. The van der Waals surface area contributed by atoms with E-state index >= 15 is 0 Å². The third-order valence-electron chi connectivity index (χ3n) is 1.22. The average molecular weight is 143 g/mol. The van der Waals surface area contributed by atoms with Gasteiger partial charge in [-0.1, -0.05) is 6.92 Å². The fraction of sp³-hybridized carbons (Fsp3) is 0.667. The summed E-state index contributed by atoms with van der Waals surface area (Å²) in [5.74, 6) is -0.905. The van der Waals surface area contributed by atoms with E-state index in [0.717, 1.165) is 7.11 Å². The standard InChI is InChI=1S/C6H9NO3/c1-3-6(9,4-7)5(8)10-2/h9H,3H2,1-2H3. The van der Waals surface area contributed by atoms with Gasteiger partial charge in [0.25, 0.3) is 0 Å². The average Bonchev–Trinajstić information content (AvgIpc) is 2.01. The molecule has 10 heavy (non-hydrogen) atoms. The summed E-state index contributed by atoms with van der Waals surface area (Å²) in [4.78, 5) is 10.6. The third-order valence-corrected chi connectivity index (χ3v) is 1.22. The lowest BCUT2D eigenvalue weighted by Crippen LogP contribution is -2.37. The van der Waals surface area contributed by atoms with Gasteiger partial charge in [-0.25, -0.2) is 4.79 Å². The third kappa shape index (κ3) is 1.45. The molecule has 0 saturated carbocycles. The molecule has 0 radical (unpaired) electrons. The lowest BCUT2D eigenvalue weighted by molar-refractivity contribution is -0.156. The Bertz CT molecular complexity index is 172. The molecule has 4 heteroatoms. The summed E-state index contributed by atoms with van der Waals surface area (Å²) < 4.78 is 4.19. The molecule has 0 aliphatic rings. The number of ether oxygens (including phenoxy) is 1. The highest BCUT2D eigenvalue weighted by Crippen LogP contribution is 2.09. The zero-order valence-electron chi connectivity index (χ0n) is 5.92. The van der Waals surface area contributed by atoms with E-state index in [-0.39, 0.29) is 6.42 Å². The first-order valence-corrected chi connectivity index (χ1v) is 2.82. The fourth-order valence-electron chi connectivity index (χ4n) is 0.438. The van der Waals surface area contributed by atoms with E-state index in [1.807, 2.05) is 0 Å². The lowest BCUT2D eigenvalue weighted by atomic mass is 10.0. The maximum absolute atomic E-state index is 10.6. The number of carbonyl (C=O) groups excluding carboxylic acids is 1. The molecular weight excluding hydrogens is 134 g/mol. The van der Waals surface area contributed by atoms with Crippen LogP contribution >= 0.6 is 0 Å². The number of methoxy groups -OCH3 is 1. The minimum Gasteiger partial charge on any atom is -0.466 e. The molecule has 1 unspecified atom stereocenters. The van der Waals surface area contributed by atoms with E-state index in [2.05, 4.69) is 4.74 Å². The van der Waals surface area contributed by atoms with Crippen molar-refractivity contribution < 1.29 is 14.6 Å². The van der Waals surface area contributed by atoms with Crippen molar-refractivity contribution in [3.63, 3.8) is 0 Å². The molecule has 1 N–H and O–H groups in total. The van der Waals surface area contributed by atoms with Crippen molar-refractivity contribution in [1.82, 2.24) is 0 Å². The Morgan fingerprint density at radius 3 is 2.50 bits per heavy atom. The summed E-state index contributed by atoms with van der Waals surface area (Å²) in [6.07, 6.45) is 0.0379. The van der Waals surface area contributed by atoms with E-state index < -0.39 is 11.6 Å². The van der Waals surface area contributed by atoms with Crippen LogP contribution in [-0.2, 0) is 9.53 Å². The van der Waals surface area contributed by atoms with Crippen LogP contribution in [0.4, 0.5) is 0 Å². The molecule has 0 aliphatic carbocycles. The highest BCUT2D eigenvalue weighted by molar-refractivity contribution is 5.82. The number of nitrogens with zero attached hydrogens (tertiary/aromatic N) is 1. The Labute approximate surface area is 59.0 Å².